The molecule has 0 bridgehead atoms. The van der Waals surface area contributed by atoms with Crippen LogP contribution in [0.3, 0.4) is 0 Å². The van der Waals surface area contributed by atoms with Crippen LogP contribution in [0.5, 0.6) is 5.75 Å². The van der Waals surface area contributed by atoms with Crippen molar-refractivity contribution in [3.8, 4) is 5.75 Å². The fourth-order valence-electron chi connectivity index (χ4n) is 0.880. The van der Waals surface area contributed by atoms with Gasteiger partial charge in [0, 0.05) is 0 Å². The highest BCUT2D eigenvalue weighted by molar-refractivity contribution is 7.86. The van der Waals surface area contributed by atoms with E-state index in [4.69, 9.17) is 5.11 Å². The van der Waals surface area contributed by atoms with Crippen LogP contribution in [0.15, 0.2) is 23.1 Å². The average molecular weight is 202 g/mol. The molecule has 0 saturated heterocycles. The molecule has 0 aromatic heterocycles. The van der Waals surface area contributed by atoms with E-state index in [1.807, 2.05) is 0 Å². The van der Waals surface area contributed by atoms with Gasteiger partial charge in [-0.15, -0.1) is 0 Å². The molecule has 1 aromatic rings. The van der Waals surface area contributed by atoms with Gasteiger partial charge in [0.1, 0.15) is 5.75 Å². The summed E-state index contributed by atoms with van der Waals surface area (Å²) in [5.41, 5.74) is 0.498. The van der Waals surface area contributed by atoms with Gasteiger partial charge in [-0.1, -0.05) is 0 Å². The summed E-state index contributed by atoms with van der Waals surface area (Å²) in [5.74, 6) is 0.0649. The zero-order valence-corrected chi connectivity index (χ0v) is 8.13. The quantitative estimate of drug-likeness (QED) is 0.728. The SMILES string of the molecule is COS(=O)(=O)c1ccc(O)c(C)c1. The largest absolute Gasteiger partial charge is 0.508 e. The Morgan fingerprint density at radius 2 is 2.00 bits per heavy atom. The van der Waals surface area contributed by atoms with Crippen LogP contribution >= 0.6 is 0 Å². The number of phenols is 1. The second-order valence-electron chi connectivity index (χ2n) is 2.57. The Bertz CT molecular complexity index is 408. The molecule has 0 radical (unpaired) electrons. The number of aromatic hydroxyl groups is 1. The summed E-state index contributed by atoms with van der Waals surface area (Å²) in [5, 5.41) is 9.15. The summed E-state index contributed by atoms with van der Waals surface area (Å²) in [6.45, 7) is 1.62. The molecule has 0 aliphatic rings. The molecule has 5 heteroatoms. The zero-order valence-electron chi connectivity index (χ0n) is 7.31. The number of rotatable bonds is 2. The standard InChI is InChI=1S/C8H10O4S/c1-6-5-7(3-4-8(6)9)13(10,11)12-2/h3-5,9H,1-2H3. The van der Waals surface area contributed by atoms with Crippen molar-refractivity contribution in [2.24, 2.45) is 0 Å². The minimum atomic E-state index is -3.65. The first-order valence-electron chi connectivity index (χ1n) is 3.57. The van der Waals surface area contributed by atoms with Crippen molar-refractivity contribution in [1.29, 1.82) is 0 Å². The first-order valence-corrected chi connectivity index (χ1v) is 4.98. The van der Waals surface area contributed by atoms with Crippen LogP contribution in [-0.2, 0) is 14.3 Å². The number of phenolic OH excluding ortho intramolecular Hbond substituents is 1. The Kier molecular flexibility index (Phi) is 2.58. The highest BCUT2D eigenvalue weighted by atomic mass is 32.2. The third-order valence-electron chi connectivity index (χ3n) is 1.68. The molecule has 4 nitrogen and oxygen atoms in total. The minimum absolute atomic E-state index is 0.0466. The molecule has 0 fully saturated rings. The fraction of sp³-hybridized carbons (Fsp3) is 0.250. The van der Waals surface area contributed by atoms with Gasteiger partial charge < -0.3 is 5.11 Å². The number of hydrogen-bond donors (Lipinski definition) is 1. The van der Waals surface area contributed by atoms with Gasteiger partial charge in [-0.05, 0) is 30.7 Å². The van der Waals surface area contributed by atoms with Crippen LogP contribution in [0.1, 0.15) is 5.56 Å². The predicted molar refractivity (Wildman–Crippen MR) is 47.0 cm³/mol. The number of benzene rings is 1. The van der Waals surface area contributed by atoms with Crippen molar-refractivity contribution in [1.82, 2.24) is 0 Å². The van der Waals surface area contributed by atoms with Gasteiger partial charge >= 0.3 is 0 Å². The van der Waals surface area contributed by atoms with Crippen LogP contribution in [-0.4, -0.2) is 20.6 Å². The monoisotopic (exact) mass is 202 g/mol. The van der Waals surface area contributed by atoms with E-state index < -0.39 is 10.1 Å². The molecule has 1 rings (SSSR count). The van der Waals surface area contributed by atoms with Crippen LogP contribution in [0.2, 0.25) is 0 Å². The predicted octanol–water partition coefficient (Wildman–Crippen LogP) is 1.04. The van der Waals surface area contributed by atoms with Crippen LogP contribution in [0.4, 0.5) is 0 Å². The van der Waals surface area contributed by atoms with Crippen LogP contribution < -0.4 is 0 Å². The van der Waals surface area contributed by atoms with E-state index in [2.05, 4.69) is 4.18 Å². The number of aryl methyl sites for hydroxylation is 1. The Morgan fingerprint density at radius 3 is 2.46 bits per heavy atom. The van der Waals surface area contributed by atoms with Gasteiger partial charge in [0.2, 0.25) is 0 Å². The zero-order chi connectivity index (χ0) is 10.1. The topological polar surface area (TPSA) is 63.6 Å². The molecule has 0 spiro atoms. The Hall–Kier alpha value is -1.07. The first-order chi connectivity index (χ1) is 5.97. The molecule has 72 valence electrons. The molecule has 13 heavy (non-hydrogen) atoms. The molecule has 0 aliphatic heterocycles. The molecular weight excluding hydrogens is 192 g/mol. The van der Waals surface area contributed by atoms with Crippen molar-refractivity contribution < 1.29 is 17.7 Å². The summed E-state index contributed by atoms with van der Waals surface area (Å²) < 4.78 is 26.6. The Labute approximate surface area is 76.9 Å². The molecule has 0 unspecified atom stereocenters. The molecular formula is C8H10O4S. The van der Waals surface area contributed by atoms with E-state index in [9.17, 15) is 8.42 Å². The van der Waals surface area contributed by atoms with Crippen molar-refractivity contribution in [3.05, 3.63) is 23.8 Å². The van der Waals surface area contributed by atoms with Gasteiger partial charge in [-0.3, -0.25) is 4.18 Å². The van der Waals surface area contributed by atoms with Gasteiger partial charge in [-0.2, -0.15) is 8.42 Å². The average Bonchev–Trinajstić information content (AvgIpc) is 2.09. The Balaban J connectivity index is 3.27. The smallest absolute Gasteiger partial charge is 0.296 e. The maximum Gasteiger partial charge on any atom is 0.296 e. The van der Waals surface area contributed by atoms with Crippen molar-refractivity contribution in [2.45, 2.75) is 11.8 Å². The van der Waals surface area contributed by atoms with E-state index in [0.717, 1.165) is 7.11 Å². The third-order valence-corrected chi connectivity index (χ3v) is 2.95. The molecule has 1 aromatic carbocycles. The molecule has 0 heterocycles. The second kappa shape index (κ2) is 3.35. The third kappa shape index (κ3) is 1.99. The lowest BCUT2D eigenvalue weighted by atomic mass is 10.2. The summed E-state index contributed by atoms with van der Waals surface area (Å²) in [6, 6.07) is 3.97. The maximum atomic E-state index is 11.2. The van der Waals surface area contributed by atoms with Crippen molar-refractivity contribution >= 4 is 10.1 Å². The summed E-state index contributed by atoms with van der Waals surface area (Å²) >= 11 is 0. The molecule has 0 saturated carbocycles. The first kappa shape index (κ1) is 10.0. The minimum Gasteiger partial charge on any atom is -0.508 e. The summed E-state index contributed by atoms with van der Waals surface area (Å²) in [7, 11) is -2.55. The van der Waals surface area contributed by atoms with Gasteiger partial charge in [-0.25, -0.2) is 0 Å². The molecule has 0 amide bonds. The second-order valence-corrected chi connectivity index (χ2v) is 4.28. The van der Waals surface area contributed by atoms with Gasteiger partial charge in [0.05, 0.1) is 12.0 Å². The van der Waals surface area contributed by atoms with Crippen LogP contribution in [0.25, 0.3) is 0 Å². The summed E-state index contributed by atoms with van der Waals surface area (Å²) in [6.07, 6.45) is 0. The molecule has 0 aliphatic carbocycles. The van der Waals surface area contributed by atoms with Gasteiger partial charge in [0.15, 0.2) is 0 Å². The maximum absolute atomic E-state index is 11.2. The lowest BCUT2D eigenvalue weighted by molar-refractivity contribution is 0.397. The van der Waals surface area contributed by atoms with Crippen molar-refractivity contribution in [2.75, 3.05) is 7.11 Å². The van der Waals surface area contributed by atoms with Gasteiger partial charge in [0.25, 0.3) is 10.1 Å². The van der Waals surface area contributed by atoms with E-state index >= 15 is 0 Å². The lowest BCUT2D eigenvalue weighted by Crippen LogP contribution is -2.02. The highest BCUT2D eigenvalue weighted by Crippen LogP contribution is 2.20. The lowest BCUT2D eigenvalue weighted by Gasteiger charge is -2.03. The van der Waals surface area contributed by atoms with E-state index in [1.54, 1.807) is 6.92 Å². The van der Waals surface area contributed by atoms with E-state index in [0.29, 0.717) is 5.56 Å². The fourth-order valence-corrected chi connectivity index (χ4v) is 1.63. The van der Waals surface area contributed by atoms with Crippen molar-refractivity contribution in [3.63, 3.8) is 0 Å². The Morgan fingerprint density at radius 1 is 1.38 bits per heavy atom. The van der Waals surface area contributed by atoms with E-state index in [-0.39, 0.29) is 10.6 Å². The highest BCUT2D eigenvalue weighted by Gasteiger charge is 2.13. The van der Waals surface area contributed by atoms with Crippen LogP contribution in [0, 0.1) is 6.92 Å². The molecule has 1 N–H and O–H groups in total. The summed E-state index contributed by atoms with van der Waals surface area (Å²) in [4.78, 5) is 0.0466. The van der Waals surface area contributed by atoms with E-state index in [1.165, 1.54) is 18.2 Å². The number of hydrogen-bond acceptors (Lipinski definition) is 4. The normalized spacial score (nSPS) is 11.5. The molecule has 0 atom stereocenters.